The molecule has 0 spiro atoms. The van der Waals surface area contributed by atoms with Gasteiger partial charge in [0.05, 0.1) is 0 Å². The van der Waals surface area contributed by atoms with E-state index in [9.17, 15) is 9.59 Å². The maximum absolute atomic E-state index is 12.5. The summed E-state index contributed by atoms with van der Waals surface area (Å²) in [5.74, 6) is 1.38. The quantitative estimate of drug-likeness (QED) is 0.865. The average Bonchev–Trinajstić information content (AvgIpc) is 3.02. The van der Waals surface area contributed by atoms with Crippen molar-refractivity contribution in [2.75, 3.05) is 20.3 Å². The van der Waals surface area contributed by atoms with Crippen LogP contribution in [0.5, 0.6) is 0 Å². The van der Waals surface area contributed by atoms with Crippen molar-refractivity contribution in [3.63, 3.8) is 0 Å². The van der Waals surface area contributed by atoms with E-state index in [0.717, 1.165) is 6.42 Å². The summed E-state index contributed by atoms with van der Waals surface area (Å²) in [5, 5.41) is 2.95. The summed E-state index contributed by atoms with van der Waals surface area (Å²) in [6.07, 6.45) is 1.63. The van der Waals surface area contributed by atoms with E-state index in [0.29, 0.717) is 43.3 Å². The van der Waals surface area contributed by atoms with E-state index in [1.807, 2.05) is 23.1 Å². The molecule has 5 nitrogen and oxygen atoms in total. The minimum Gasteiger partial charge on any atom is -0.375 e. The number of fused-ring (bicyclic) bond motifs is 1. The Morgan fingerprint density at radius 3 is 2.79 bits per heavy atom. The molecule has 130 valence electrons. The topological polar surface area (TPSA) is 58.6 Å². The van der Waals surface area contributed by atoms with Gasteiger partial charge in [-0.05, 0) is 29.7 Å². The van der Waals surface area contributed by atoms with Gasteiger partial charge in [0.2, 0.25) is 11.8 Å². The maximum atomic E-state index is 12.5. The zero-order valence-corrected chi connectivity index (χ0v) is 14.4. The van der Waals surface area contributed by atoms with Crippen LogP contribution in [0.1, 0.15) is 25.3 Å². The number of carbonyl (C=O) groups is 2. The Kier molecular flexibility index (Phi) is 5.19. The van der Waals surface area contributed by atoms with Crippen LogP contribution < -0.4 is 5.32 Å². The van der Waals surface area contributed by atoms with Crippen LogP contribution in [0.3, 0.4) is 0 Å². The van der Waals surface area contributed by atoms with E-state index in [4.69, 9.17) is 4.74 Å². The summed E-state index contributed by atoms with van der Waals surface area (Å²) in [7, 11) is 1.52. The molecule has 4 atom stereocenters. The van der Waals surface area contributed by atoms with E-state index in [1.165, 1.54) is 12.7 Å². The van der Waals surface area contributed by atoms with E-state index < -0.39 is 0 Å². The van der Waals surface area contributed by atoms with Gasteiger partial charge >= 0.3 is 0 Å². The van der Waals surface area contributed by atoms with Crippen molar-refractivity contribution in [1.82, 2.24) is 10.2 Å². The highest BCUT2D eigenvalue weighted by Gasteiger charge is 2.50. The molecule has 1 aromatic carbocycles. The molecule has 2 fully saturated rings. The van der Waals surface area contributed by atoms with Gasteiger partial charge in [0.1, 0.15) is 6.61 Å². The van der Waals surface area contributed by atoms with E-state index in [1.54, 1.807) is 0 Å². The van der Waals surface area contributed by atoms with Crippen molar-refractivity contribution in [2.45, 2.75) is 32.4 Å². The molecular formula is C19H26N2O3. The van der Waals surface area contributed by atoms with Crippen LogP contribution in [-0.2, 0) is 20.9 Å². The Labute approximate surface area is 143 Å². The Hall–Kier alpha value is -1.88. The van der Waals surface area contributed by atoms with Crippen molar-refractivity contribution < 1.29 is 14.3 Å². The van der Waals surface area contributed by atoms with Crippen LogP contribution in [0.25, 0.3) is 0 Å². The number of amides is 2. The van der Waals surface area contributed by atoms with Gasteiger partial charge in [-0.15, -0.1) is 0 Å². The second-order valence-electron chi connectivity index (χ2n) is 7.06. The number of nitrogens with zero attached hydrogens (tertiary/aromatic N) is 1. The van der Waals surface area contributed by atoms with Crippen molar-refractivity contribution in [3.05, 3.63) is 35.9 Å². The van der Waals surface area contributed by atoms with Crippen LogP contribution in [0.15, 0.2) is 30.3 Å². The Bertz CT molecular complexity index is 590. The minimum absolute atomic E-state index is 0.0846. The third-order valence-electron chi connectivity index (χ3n) is 5.53. The molecule has 0 radical (unpaired) electrons. The van der Waals surface area contributed by atoms with E-state index in [2.05, 4.69) is 24.4 Å². The predicted octanol–water partition coefficient (Wildman–Crippen LogP) is 1.82. The summed E-state index contributed by atoms with van der Waals surface area (Å²) in [5.41, 5.74) is 1.18. The molecule has 0 aromatic heterocycles. The highest BCUT2D eigenvalue weighted by molar-refractivity contribution is 5.80. The Morgan fingerprint density at radius 2 is 2.08 bits per heavy atom. The van der Waals surface area contributed by atoms with Crippen molar-refractivity contribution in [3.8, 4) is 0 Å². The second-order valence-corrected chi connectivity index (χ2v) is 7.06. The first-order valence-corrected chi connectivity index (χ1v) is 8.69. The fourth-order valence-electron chi connectivity index (χ4n) is 4.34. The molecule has 1 aliphatic carbocycles. The lowest BCUT2D eigenvalue weighted by Crippen LogP contribution is -2.36. The van der Waals surface area contributed by atoms with Crippen molar-refractivity contribution in [2.24, 2.45) is 17.8 Å². The first kappa shape index (κ1) is 17.0. The third kappa shape index (κ3) is 3.46. The molecular weight excluding hydrogens is 304 g/mol. The summed E-state index contributed by atoms with van der Waals surface area (Å²) >= 11 is 0. The summed E-state index contributed by atoms with van der Waals surface area (Å²) in [6, 6.07) is 10.5. The largest absolute Gasteiger partial charge is 0.375 e. The smallest absolute Gasteiger partial charge is 0.245 e. The number of benzene rings is 1. The zero-order chi connectivity index (χ0) is 17.1. The van der Waals surface area contributed by atoms with Gasteiger partial charge in [-0.3, -0.25) is 9.59 Å². The SMILES string of the molecule is COCC(=O)NC[C@H]1[C@@H]2CC(=O)N(Cc3ccccc3)[C@@H]2C[C@@H]1C. The molecule has 1 aromatic rings. The lowest BCUT2D eigenvalue weighted by molar-refractivity contribution is -0.129. The first-order valence-electron chi connectivity index (χ1n) is 8.69. The number of carbonyl (C=O) groups excluding carboxylic acids is 2. The van der Waals surface area contributed by atoms with Crippen LogP contribution >= 0.6 is 0 Å². The predicted molar refractivity (Wildman–Crippen MR) is 91.0 cm³/mol. The van der Waals surface area contributed by atoms with Crippen molar-refractivity contribution >= 4 is 11.8 Å². The van der Waals surface area contributed by atoms with Crippen LogP contribution in [0, 0.1) is 17.8 Å². The molecule has 5 heteroatoms. The number of hydrogen-bond donors (Lipinski definition) is 1. The maximum Gasteiger partial charge on any atom is 0.245 e. The average molecular weight is 330 g/mol. The first-order chi connectivity index (χ1) is 11.6. The molecule has 2 aliphatic rings. The van der Waals surface area contributed by atoms with Crippen LogP contribution in [0.2, 0.25) is 0 Å². The highest BCUT2D eigenvalue weighted by Crippen LogP contribution is 2.46. The second kappa shape index (κ2) is 7.34. The number of rotatable bonds is 6. The number of hydrogen-bond acceptors (Lipinski definition) is 3. The molecule has 0 bridgehead atoms. The normalized spacial score (nSPS) is 28.9. The Morgan fingerprint density at radius 1 is 1.33 bits per heavy atom. The molecule has 3 rings (SSSR count). The van der Waals surface area contributed by atoms with E-state index >= 15 is 0 Å². The molecule has 1 N–H and O–H groups in total. The lowest BCUT2D eigenvalue weighted by atomic mass is 9.88. The molecule has 0 unspecified atom stereocenters. The summed E-state index contributed by atoms with van der Waals surface area (Å²) in [4.78, 5) is 26.2. The van der Waals surface area contributed by atoms with E-state index in [-0.39, 0.29) is 18.4 Å². The molecule has 1 heterocycles. The molecule has 1 saturated heterocycles. The van der Waals surface area contributed by atoms with Gasteiger partial charge in [-0.2, -0.15) is 0 Å². The summed E-state index contributed by atoms with van der Waals surface area (Å²) in [6.45, 7) is 3.65. The van der Waals surface area contributed by atoms with Gasteiger partial charge in [0.15, 0.2) is 0 Å². The number of nitrogens with one attached hydrogen (secondary N) is 1. The third-order valence-corrected chi connectivity index (χ3v) is 5.53. The van der Waals surface area contributed by atoms with Gasteiger partial charge in [0.25, 0.3) is 0 Å². The number of ether oxygens (including phenoxy) is 1. The van der Waals surface area contributed by atoms with Crippen molar-refractivity contribution in [1.29, 1.82) is 0 Å². The monoisotopic (exact) mass is 330 g/mol. The van der Waals surface area contributed by atoms with Gasteiger partial charge in [0, 0.05) is 32.7 Å². The van der Waals surface area contributed by atoms with Gasteiger partial charge in [-0.1, -0.05) is 37.3 Å². The summed E-state index contributed by atoms with van der Waals surface area (Å²) < 4.78 is 4.86. The zero-order valence-electron chi connectivity index (χ0n) is 14.4. The molecule has 24 heavy (non-hydrogen) atoms. The minimum atomic E-state index is -0.0846. The van der Waals surface area contributed by atoms with Gasteiger partial charge in [-0.25, -0.2) is 0 Å². The van der Waals surface area contributed by atoms with Crippen LogP contribution in [-0.4, -0.2) is 43.0 Å². The molecule has 1 saturated carbocycles. The van der Waals surface area contributed by atoms with Gasteiger partial charge < -0.3 is 15.0 Å². The fraction of sp³-hybridized carbons (Fsp3) is 0.579. The number of likely N-dealkylation sites (tertiary alicyclic amines) is 1. The number of methoxy groups -OCH3 is 1. The lowest BCUT2D eigenvalue weighted by Gasteiger charge is -2.24. The Balaban J connectivity index is 1.64. The molecule has 2 amide bonds. The standard InChI is InChI=1S/C19H26N2O3/c1-13-8-17-15(16(13)10-20-18(22)12-24-2)9-19(23)21(17)11-14-6-4-3-5-7-14/h3-7,13,15-17H,8-12H2,1-2H3,(H,20,22)/t13-,15-,16+,17+/m0/s1. The molecule has 1 aliphatic heterocycles. The van der Waals surface area contributed by atoms with Crippen LogP contribution in [0.4, 0.5) is 0 Å². The highest BCUT2D eigenvalue weighted by atomic mass is 16.5. The fourth-order valence-corrected chi connectivity index (χ4v) is 4.34.